The van der Waals surface area contributed by atoms with Crippen LogP contribution in [-0.2, 0) is 10.2 Å². The van der Waals surface area contributed by atoms with Crippen LogP contribution < -0.4 is 5.32 Å². The highest BCUT2D eigenvalue weighted by atomic mass is 16.3. The molecule has 0 aliphatic heterocycles. The number of aliphatic hydroxyl groups excluding tert-OH is 1. The van der Waals surface area contributed by atoms with E-state index in [1.807, 2.05) is 37.3 Å². The number of amides is 1. The number of aliphatic hydroxyl groups is 1. The van der Waals surface area contributed by atoms with E-state index >= 15 is 0 Å². The first-order valence-electron chi connectivity index (χ1n) is 7.20. The maximum Gasteiger partial charge on any atom is 0.230 e. The number of rotatable bonds is 5. The van der Waals surface area contributed by atoms with Crippen molar-refractivity contribution in [3.05, 3.63) is 35.9 Å². The van der Waals surface area contributed by atoms with Crippen LogP contribution >= 0.6 is 0 Å². The Bertz CT molecular complexity index is 406. The summed E-state index contributed by atoms with van der Waals surface area (Å²) in [6.07, 6.45) is 4.76. The molecule has 2 N–H and O–H groups in total. The molecule has 1 aliphatic carbocycles. The van der Waals surface area contributed by atoms with Crippen molar-refractivity contribution >= 4 is 5.91 Å². The molecule has 0 heterocycles. The third kappa shape index (κ3) is 2.81. The van der Waals surface area contributed by atoms with E-state index < -0.39 is 0 Å². The molecule has 1 amide bonds. The molecule has 2 rings (SSSR count). The largest absolute Gasteiger partial charge is 0.394 e. The van der Waals surface area contributed by atoms with Crippen LogP contribution in [0.3, 0.4) is 0 Å². The molecular formula is C16H23NO2. The molecule has 1 unspecified atom stereocenters. The summed E-state index contributed by atoms with van der Waals surface area (Å²) in [6.45, 7) is 1.98. The lowest BCUT2D eigenvalue weighted by molar-refractivity contribution is -0.127. The monoisotopic (exact) mass is 261 g/mol. The summed E-state index contributed by atoms with van der Waals surface area (Å²) >= 11 is 0. The van der Waals surface area contributed by atoms with Crippen molar-refractivity contribution in [1.29, 1.82) is 0 Å². The van der Waals surface area contributed by atoms with Gasteiger partial charge in [-0.25, -0.2) is 0 Å². The minimum atomic E-state index is -0.385. The van der Waals surface area contributed by atoms with Crippen molar-refractivity contribution in [2.45, 2.75) is 50.5 Å². The lowest BCUT2D eigenvalue weighted by atomic mass is 9.78. The Morgan fingerprint density at radius 3 is 2.47 bits per heavy atom. The van der Waals surface area contributed by atoms with Gasteiger partial charge in [-0.15, -0.1) is 0 Å². The van der Waals surface area contributed by atoms with Gasteiger partial charge in [-0.1, -0.05) is 50.1 Å². The molecule has 0 spiro atoms. The highest BCUT2D eigenvalue weighted by Crippen LogP contribution is 2.41. The average molecular weight is 261 g/mol. The molecule has 1 aromatic carbocycles. The standard InChI is InChI=1S/C16H23NO2/c1-2-14(12-18)17-15(19)16(10-6-7-11-16)13-8-4-3-5-9-13/h3-5,8-9,14,18H,2,6-7,10-12H2,1H3,(H,17,19). The predicted octanol–water partition coefficient (Wildman–Crippen LogP) is 2.39. The first kappa shape index (κ1) is 14.1. The third-order valence-electron chi connectivity index (χ3n) is 4.27. The SMILES string of the molecule is CCC(CO)NC(=O)C1(c2ccccc2)CCCC1. The van der Waals surface area contributed by atoms with Crippen LogP contribution in [0.1, 0.15) is 44.6 Å². The molecular weight excluding hydrogens is 238 g/mol. The van der Waals surface area contributed by atoms with Crippen LogP contribution in [0.15, 0.2) is 30.3 Å². The second kappa shape index (κ2) is 6.20. The molecule has 1 aliphatic rings. The van der Waals surface area contributed by atoms with Crippen LogP contribution in [0, 0.1) is 0 Å². The van der Waals surface area contributed by atoms with Gasteiger partial charge in [0.25, 0.3) is 0 Å². The van der Waals surface area contributed by atoms with Crippen molar-refractivity contribution in [2.75, 3.05) is 6.61 Å². The zero-order valence-electron chi connectivity index (χ0n) is 11.6. The van der Waals surface area contributed by atoms with Gasteiger partial charge in [-0.05, 0) is 24.8 Å². The van der Waals surface area contributed by atoms with Gasteiger partial charge in [0.2, 0.25) is 5.91 Å². The highest BCUT2D eigenvalue weighted by Gasteiger charge is 2.42. The fourth-order valence-corrected chi connectivity index (χ4v) is 2.98. The van der Waals surface area contributed by atoms with Gasteiger partial charge >= 0.3 is 0 Å². The number of carbonyl (C=O) groups excluding carboxylic acids is 1. The summed E-state index contributed by atoms with van der Waals surface area (Å²) in [7, 11) is 0. The smallest absolute Gasteiger partial charge is 0.230 e. The summed E-state index contributed by atoms with van der Waals surface area (Å²) < 4.78 is 0. The zero-order chi connectivity index (χ0) is 13.7. The molecule has 1 fully saturated rings. The van der Waals surface area contributed by atoms with E-state index in [1.54, 1.807) is 0 Å². The van der Waals surface area contributed by atoms with Crippen LogP contribution in [0.25, 0.3) is 0 Å². The molecule has 1 saturated carbocycles. The minimum absolute atomic E-state index is 0.00705. The molecule has 0 radical (unpaired) electrons. The summed E-state index contributed by atoms with van der Waals surface area (Å²) in [5.74, 6) is 0.0806. The van der Waals surface area contributed by atoms with E-state index in [1.165, 1.54) is 0 Å². The molecule has 3 heteroatoms. The van der Waals surface area contributed by atoms with E-state index in [-0.39, 0.29) is 24.0 Å². The quantitative estimate of drug-likeness (QED) is 0.855. The Hall–Kier alpha value is -1.35. The number of nitrogens with one attached hydrogen (secondary N) is 1. The lowest BCUT2D eigenvalue weighted by Gasteiger charge is -2.30. The molecule has 19 heavy (non-hydrogen) atoms. The first-order valence-corrected chi connectivity index (χ1v) is 7.20. The van der Waals surface area contributed by atoms with Crippen molar-refractivity contribution in [3.8, 4) is 0 Å². The number of carbonyl (C=O) groups is 1. The molecule has 1 aromatic rings. The Morgan fingerprint density at radius 1 is 1.32 bits per heavy atom. The van der Waals surface area contributed by atoms with E-state index in [0.29, 0.717) is 0 Å². The predicted molar refractivity (Wildman–Crippen MR) is 75.9 cm³/mol. The van der Waals surface area contributed by atoms with Gasteiger partial charge in [0.15, 0.2) is 0 Å². The lowest BCUT2D eigenvalue weighted by Crippen LogP contribution is -2.48. The Kier molecular flexibility index (Phi) is 4.59. The Balaban J connectivity index is 2.23. The second-order valence-electron chi connectivity index (χ2n) is 5.42. The van der Waals surface area contributed by atoms with E-state index in [0.717, 1.165) is 37.7 Å². The van der Waals surface area contributed by atoms with Gasteiger partial charge in [-0.2, -0.15) is 0 Å². The van der Waals surface area contributed by atoms with Gasteiger partial charge < -0.3 is 10.4 Å². The number of hydrogen-bond donors (Lipinski definition) is 2. The van der Waals surface area contributed by atoms with Crippen LogP contribution in [0.4, 0.5) is 0 Å². The first-order chi connectivity index (χ1) is 9.23. The second-order valence-corrected chi connectivity index (χ2v) is 5.42. The van der Waals surface area contributed by atoms with Crippen molar-refractivity contribution < 1.29 is 9.90 Å². The maximum atomic E-state index is 12.7. The van der Waals surface area contributed by atoms with Crippen LogP contribution in [0.5, 0.6) is 0 Å². The van der Waals surface area contributed by atoms with E-state index in [9.17, 15) is 9.90 Å². The topological polar surface area (TPSA) is 49.3 Å². The van der Waals surface area contributed by atoms with Gasteiger partial charge in [-0.3, -0.25) is 4.79 Å². The zero-order valence-corrected chi connectivity index (χ0v) is 11.6. The fraction of sp³-hybridized carbons (Fsp3) is 0.562. The maximum absolute atomic E-state index is 12.7. The van der Waals surface area contributed by atoms with Crippen molar-refractivity contribution in [1.82, 2.24) is 5.32 Å². The Labute approximate surface area is 115 Å². The molecule has 3 nitrogen and oxygen atoms in total. The van der Waals surface area contributed by atoms with Gasteiger partial charge in [0.05, 0.1) is 18.1 Å². The summed E-state index contributed by atoms with van der Waals surface area (Å²) in [5.41, 5.74) is 0.724. The van der Waals surface area contributed by atoms with Crippen LogP contribution in [-0.4, -0.2) is 23.7 Å². The molecule has 0 saturated heterocycles. The average Bonchev–Trinajstić information content (AvgIpc) is 2.96. The van der Waals surface area contributed by atoms with Gasteiger partial charge in [0, 0.05) is 0 Å². The summed E-state index contributed by atoms with van der Waals surface area (Å²) in [5, 5.41) is 12.3. The third-order valence-corrected chi connectivity index (χ3v) is 4.27. The highest BCUT2D eigenvalue weighted by molar-refractivity contribution is 5.88. The molecule has 1 atom stereocenters. The fourth-order valence-electron chi connectivity index (χ4n) is 2.98. The van der Waals surface area contributed by atoms with E-state index in [2.05, 4.69) is 5.32 Å². The van der Waals surface area contributed by atoms with Crippen LogP contribution in [0.2, 0.25) is 0 Å². The summed E-state index contributed by atoms with van der Waals surface area (Å²) in [4.78, 5) is 12.7. The van der Waals surface area contributed by atoms with E-state index in [4.69, 9.17) is 0 Å². The minimum Gasteiger partial charge on any atom is -0.394 e. The molecule has 0 aromatic heterocycles. The molecule has 0 bridgehead atoms. The molecule has 104 valence electrons. The van der Waals surface area contributed by atoms with Gasteiger partial charge in [0.1, 0.15) is 0 Å². The number of benzene rings is 1. The summed E-state index contributed by atoms with van der Waals surface area (Å²) in [6, 6.07) is 9.92. The number of hydrogen-bond acceptors (Lipinski definition) is 2. The van der Waals surface area contributed by atoms with Crippen molar-refractivity contribution in [3.63, 3.8) is 0 Å². The Morgan fingerprint density at radius 2 is 1.95 bits per heavy atom. The van der Waals surface area contributed by atoms with Crippen molar-refractivity contribution in [2.24, 2.45) is 0 Å². The normalized spacial score (nSPS) is 19.1.